The summed E-state index contributed by atoms with van der Waals surface area (Å²) in [6.07, 6.45) is 3.62. The summed E-state index contributed by atoms with van der Waals surface area (Å²) >= 11 is 0. The maximum Gasteiger partial charge on any atom is 0.0715 e. The molecule has 0 heterocycles. The van der Waals surface area contributed by atoms with Gasteiger partial charge in [0.25, 0.3) is 0 Å². The summed E-state index contributed by atoms with van der Waals surface area (Å²) in [4.78, 5) is 42.1. The predicted molar refractivity (Wildman–Crippen MR) is 203 cm³/mol. The van der Waals surface area contributed by atoms with Crippen LogP contribution in [0.1, 0.15) is 119 Å². The Morgan fingerprint density at radius 1 is 0.377 bits per heavy atom. The number of carbonyl (C=O) groups is 4. The number of benzene rings is 4. The Hall–Kier alpha value is -4.32. The van der Waals surface area contributed by atoms with Crippen LogP contribution in [0.25, 0.3) is 0 Å². The minimum Gasteiger partial charge on any atom is -0.545 e. The molecule has 0 aromatic heterocycles. The largest absolute Gasteiger partial charge is 0.545 e. The molecule has 0 fully saturated rings. The zero-order valence-corrected chi connectivity index (χ0v) is 36.0. The number of aromatic carboxylic acids is 4. The van der Waals surface area contributed by atoms with Crippen LogP contribution in [0.3, 0.4) is 0 Å². The smallest absolute Gasteiger partial charge is 0.0715 e. The van der Waals surface area contributed by atoms with Crippen molar-refractivity contribution in [3.05, 3.63) is 142 Å². The van der Waals surface area contributed by atoms with E-state index < -0.39 is 23.9 Å². The summed E-state index contributed by atoms with van der Waals surface area (Å²) in [5.41, 5.74) is 5.26. The van der Waals surface area contributed by atoms with Crippen LogP contribution in [-0.2, 0) is 25.7 Å². The van der Waals surface area contributed by atoms with Crippen LogP contribution in [0.2, 0.25) is 0 Å². The van der Waals surface area contributed by atoms with Crippen molar-refractivity contribution < 1.29 is 39.6 Å². The first kappa shape index (κ1) is 48.7. The van der Waals surface area contributed by atoms with E-state index in [9.17, 15) is 39.6 Å². The van der Waals surface area contributed by atoms with Gasteiger partial charge in [-0.3, -0.25) is 0 Å². The fraction of sp³-hybridized carbons (Fsp3) is 0.364. The molecule has 0 aliphatic carbocycles. The molecule has 0 bridgehead atoms. The zero-order chi connectivity index (χ0) is 39.4. The molecule has 284 valence electrons. The monoisotopic (exact) mass is 916 g/mol. The summed E-state index contributed by atoms with van der Waals surface area (Å²) in [5, 5.41) is 42.1. The summed E-state index contributed by atoms with van der Waals surface area (Å²) in [6.45, 7) is 16.8. The molecule has 0 aliphatic heterocycles. The second-order valence-corrected chi connectivity index (χ2v) is 14.3. The second kappa shape index (κ2) is 25.6. The average molecular weight is 916 g/mol. The maximum absolute atomic E-state index is 10.5. The van der Waals surface area contributed by atoms with Gasteiger partial charge in [0.2, 0.25) is 0 Å². The third-order valence-corrected chi connectivity index (χ3v) is 7.23. The van der Waals surface area contributed by atoms with Crippen LogP contribution in [0.4, 0.5) is 0 Å². The molecule has 4 radical (unpaired) electrons. The van der Waals surface area contributed by atoms with Gasteiger partial charge in [0.15, 0.2) is 0 Å². The SMILES string of the molecule is CC(C)Cc1cccc(C(=O)[O-])c1.CC(C)Cc1cccc(C(=O)[O-])c1.CC(C)Cc1cccc(C(=O)[O-])c1.CC(C)Cc1cccc(C(=O)[O-])c1.[Pb]. The molecule has 4 aromatic rings. The quantitative estimate of drug-likeness (QED) is 0.186. The molecule has 0 spiro atoms. The molecule has 4 rings (SSSR count). The third-order valence-electron chi connectivity index (χ3n) is 7.23. The van der Waals surface area contributed by atoms with Gasteiger partial charge in [0.1, 0.15) is 0 Å². The number of hydrogen-bond acceptors (Lipinski definition) is 8. The fourth-order valence-corrected chi connectivity index (χ4v) is 5.19. The van der Waals surface area contributed by atoms with E-state index in [-0.39, 0.29) is 49.6 Å². The molecule has 0 saturated heterocycles. The minimum atomic E-state index is -1.11. The van der Waals surface area contributed by atoms with Crippen LogP contribution in [0.5, 0.6) is 0 Å². The van der Waals surface area contributed by atoms with E-state index in [1.807, 2.05) is 24.3 Å². The van der Waals surface area contributed by atoms with E-state index in [1.165, 1.54) is 0 Å². The van der Waals surface area contributed by atoms with E-state index in [0.29, 0.717) is 23.7 Å². The van der Waals surface area contributed by atoms with Gasteiger partial charge in [0, 0.05) is 27.3 Å². The van der Waals surface area contributed by atoms with Crippen molar-refractivity contribution in [1.82, 2.24) is 0 Å². The van der Waals surface area contributed by atoms with Crippen molar-refractivity contribution in [1.29, 1.82) is 0 Å². The molecule has 0 atom stereocenters. The topological polar surface area (TPSA) is 161 Å². The first-order chi connectivity index (χ1) is 24.4. The molecular weight excluding hydrogens is 864 g/mol. The van der Waals surface area contributed by atoms with Crippen molar-refractivity contribution in [2.24, 2.45) is 23.7 Å². The van der Waals surface area contributed by atoms with Crippen LogP contribution >= 0.6 is 0 Å². The van der Waals surface area contributed by atoms with E-state index in [0.717, 1.165) is 47.9 Å². The Morgan fingerprint density at radius 2 is 0.547 bits per heavy atom. The van der Waals surface area contributed by atoms with Gasteiger partial charge in [-0.05, 0) is 118 Å². The van der Waals surface area contributed by atoms with Crippen molar-refractivity contribution >= 4 is 51.2 Å². The first-order valence-corrected chi connectivity index (χ1v) is 17.6. The number of carboxylic acid groups (broad SMARTS) is 4. The van der Waals surface area contributed by atoms with E-state index in [1.54, 1.807) is 72.8 Å². The molecule has 8 nitrogen and oxygen atoms in total. The van der Waals surface area contributed by atoms with Crippen LogP contribution in [0.15, 0.2) is 97.1 Å². The van der Waals surface area contributed by atoms with Gasteiger partial charge in [-0.1, -0.05) is 128 Å². The maximum atomic E-state index is 10.5. The van der Waals surface area contributed by atoms with Crippen LogP contribution in [0, 0.1) is 23.7 Å². The van der Waals surface area contributed by atoms with Gasteiger partial charge < -0.3 is 39.6 Å². The molecular formula is C44H52O8Pb-4. The van der Waals surface area contributed by atoms with Crippen molar-refractivity contribution in [3.63, 3.8) is 0 Å². The summed E-state index contributed by atoms with van der Waals surface area (Å²) in [6, 6.07) is 27.7. The molecule has 53 heavy (non-hydrogen) atoms. The average Bonchev–Trinajstić information content (AvgIpc) is 3.05. The summed E-state index contributed by atoms with van der Waals surface area (Å²) < 4.78 is 0. The van der Waals surface area contributed by atoms with Crippen LogP contribution < -0.4 is 20.4 Å². The van der Waals surface area contributed by atoms with E-state index in [2.05, 4.69) is 55.4 Å². The zero-order valence-electron chi connectivity index (χ0n) is 32.1. The number of rotatable bonds is 12. The molecule has 0 saturated carbocycles. The summed E-state index contributed by atoms with van der Waals surface area (Å²) in [7, 11) is 0. The van der Waals surface area contributed by atoms with Gasteiger partial charge in [-0.15, -0.1) is 0 Å². The van der Waals surface area contributed by atoms with E-state index >= 15 is 0 Å². The Labute approximate surface area is 335 Å². The Balaban J connectivity index is 0.000000676. The molecule has 9 heteroatoms. The van der Waals surface area contributed by atoms with E-state index in [4.69, 9.17) is 0 Å². The van der Waals surface area contributed by atoms with Crippen LogP contribution in [-0.4, -0.2) is 51.2 Å². The number of carbonyl (C=O) groups excluding carboxylic acids is 4. The van der Waals surface area contributed by atoms with Gasteiger partial charge in [0.05, 0.1) is 23.9 Å². The molecule has 4 aromatic carbocycles. The summed E-state index contributed by atoms with van der Waals surface area (Å²) in [5.74, 6) is -2.27. The Morgan fingerprint density at radius 3 is 0.679 bits per heavy atom. The van der Waals surface area contributed by atoms with Gasteiger partial charge >= 0.3 is 0 Å². The van der Waals surface area contributed by atoms with Crippen molar-refractivity contribution in [2.75, 3.05) is 0 Å². The molecule has 0 amide bonds. The van der Waals surface area contributed by atoms with Gasteiger partial charge in [-0.25, -0.2) is 0 Å². The second-order valence-electron chi connectivity index (χ2n) is 14.3. The third kappa shape index (κ3) is 21.7. The Bertz CT molecular complexity index is 1470. The first-order valence-electron chi connectivity index (χ1n) is 17.6. The number of carboxylic acids is 4. The predicted octanol–water partition coefficient (Wildman–Crippen LogP) is 4.61. The standard InChI is InChI=1S/4C11H14O2.Pb/c4*1-8(2)6-9-4-3-5-10(7-9)11(12)13;/h4*3-5,7-8H,6H2,1-2H3,(H,12,13);/p-4. The van der Waals surface area contributed by atoms with Crippen molar-refractivity contribution in [2.45, 2.75) is 81.1 Å². The Kier molecular flexibility index (Phi) is 23.5. The van der Waals surface area contributed by atoms with Crippen molar-refractivity contribution in [3.8, 4) is 0 Å². The van der Waals surface area contributed by atoms with Gasteiger partial charge in [-0.2, -0.15) is 0 Å². The normalized spacial score (nSPS) is 10.2. The fourth-order valence-electron chi connectivity index (χ4n) is 5.19. The molecule has 0 N–H and O–H groups in total. The number of hydrogen-bond donors (Lipinski definition) is 0. The molecule has 0 unspecified atom stereocenters. The minimum absolute atomic E-state index is 0. The molecule has 0 aliphatic rings.